The average Bonchev–Trinajstić information content (AvgIpc) is 3.10. The lowest BCUT2D eigenvalue weighted by molar-refractivity contribution is -0.138. The molecule has 0 aliphatic rings. The lowest BCUT2D eigenvalue weighted by atomic mass is 10.0. The fraction of sp³-hybridized carbons (Fsp3) is 0.265. The molecule has 0 heterocycles. The van der Waals surface area contributed by atoms with E-state index in [0.29, 0.717) is 28.0 Å². The highest BCUT2D eigenvalue weighted by Crippen LogP contribution is 2.16. The predicted molar refractivity (Wildman–Crippen MR) is 184 cm³/mol. The third kappa shape index (κ3) is 12.4. The number of carboxylic acids is 1. The molecular formula is C34H40N6O9S. The van der Waals surface area contributed by atoms with Crippen LogP contribution in [0.5, 0.6) is 5.75 Å². The summed E-state index contributed by atoms with van der Waals surface area (Å²) in [6, 6.07) is 16.6. The summed E-state index contributed by atoms with van der Waals surface area (Å²) in [6.45, 7) is 3.30. The summed E-state index contributed by atoms with van der Waals surface area (Å²) in [5.74, 6) is -2.27. The Hall–Kier alpha value is -5.74. The molecule has 3 aromatic rings. The van der Waals surface area contributed by atoms with Crippen LogP contribution < -0.4 is 31.1 Å². The van der Waals surface area contributed by atoms with E-state index in [1.54, 1.807) is 48.5 Å². The Bertz CT molecular complexity index is 1780. The lowest BCUT2D eigenvalue weighted by Gasteiger charge is -2.23. The molecule has 0 saturated carbocycles. The number of nitrogens with two attached hydrogens (primary N) is 1. The number of carbonyl (C=O) groups excluding carboxylic acids is 3. The fourth-order valence-electron chi connectivity index (χ4n) is 4.57. The number of rotatable bonds is 19. The van der Waals surface area contributed by atoms with Crippen molar-refractivity contribution >= 4 is 39.7 Å². The van der Waals surface area contributed by atoms with Crippen molar-refractivity contribution in [2.45, 2.75) is 49.3 Å². The van der Waals surface area contributed by atoms with Crippen LogP contribution in [-0.4, -0.2) is 69.0 Å². The van der Waals surface area contributed by atoms with Crippen LogP contribution in [0, 0.1) is 5.41 Å². The molecule has 0 spiro atoms. The summed E-state index contributed by atoms with van der Waals surface area (Å²) in [5, 5.41) is 24.5. The highest BCUT2D eigenvalue weighted by Gasteiger charge is 2.28. The van der Waals surface area contributed by atoms with Crippen molar-refractivity contribution in [2.75, 3.05) is 13.7 Å². The van der Waals surface area contributed by atoms with Crippen LogP contribution in [0.15, 0.2) is 90.3 Å². The van der Waals surface area contributed by atoms with Gasteiger partial charge in [-0.1, -0.05) is 61.2 Å². The maximum Gasteiger partial charge on any atom is 0.408 e. The molecule has 0 aliphatic heterocycles. The Morgan fingerprint density at radius 2 is 1.58 bits per heavy atom. The van der Waals surface area contributed by atoms with Gasteiger partial charge in [-0.25, -0.2) is 17.9 Å². The van der Waals surface area contributed by atoms with Crippen LogP contribution in [0.1, 0.15) is 35.1 Å². The molecule has 3 amide bonds. The molecule has 15 nitrogen and oxygen atoms in total. The number of benzene rings is 3. The van der Waals surface area contributed by atoms with Crippen LogP contribution in [0.3, 0.4) is 0 Å². The predicted octanol–water partition coefficient (Wildman–Crippen LogP) is 1.95. The summed E-state index contributed by atoms with van der Waals surface area (Å²) >= 11 is 0. The average molecular weight is 709 g/mol. The van der Waals surface area contributed by atoms with Gasteiger partial charge in [-0.05, 0) is 47.4 Å². The molecule has 16 heteroatoms. The van der Waals surface area contributed by atoms with Crippen molar-refractivity contribution in [3.8, 4) is 5.75 Å². The number of carboxylic acid groups (broad SMARTS) is 1. The third-order valence-electron chi connectivity index (χ3n) is 7.22. The van der Waals surface area contributed by atoms with Gasteiger partial charge in [0.25, 0.3) is 0 Å². The Labute approximate surface area is 289 Å². The van der Waals surface area contributed by atoms with E-state index in [1.165, 1.54) is 37.5 Å². The van der Waals surface area contributed by atoms with Crippen LogP contribution in [0.4, 0.5) is 4.79 Å². The summed E-state index contributed by atoms with van der Waals surface area (Å²) in [4.78, 5) is 50.5. The number of hydrogen-bond donors (Lipinski definition) is 7. The van der Waals surface area contributed by atoms with E-state index < -0.39 is 52.4 Å². The molecule has 8 N–H and O–H groups in total. The second kappa shape index (κ2) is 18.7. The van der Waals surface area contributed by atoms with Gasteiger partial charge < -0.3 is 36.3 Å². The van der Waals surface area contributed by atoms with E-state index >= 15 is 0 Å². The summed E-state index contributed by atoms with van der Waals surface area (Å²) in [5.41, 5.74) is 7.79. The monoisotopic (exact) mass is 708 g/mol. The van der Waals surface area contributed by atoms with Gasteiger partial charge in [0, 0.05) is 31.5 Å². The minimum Gasteiger partial charge on any atom is -0.497 e. The topological polar surface area (TPSA) is 239 Å². The first-order valence-electron chi connectivity index (χ1n) is 15.3. The van der Waals surface area contributed by atoms with E-state index in [2.05, 4.69) is 27.3 Å². The Morgan fingerprint density at radius 3 is 2.18 bits per heavy atom. The molecule has 3 aromatic carbocycles. The van der Waals surface area contributed by atoms with Crippen molar-refractivity contribution in [1.82, 2.24) is 20.7 Å². The number of amides is 3. The minimum absolute atomic E-state index is 0.0185. The second-order valence-electron chi connectivity index (χ2n) is 10.9. The fourth-order valence-corrected chi connectivity index (χ4v) is 5.59. The quantitative estimate of drug-likeness (QED) is 0.0543. The van der Waals surface area contributed by atoms with Gasteiger partial charge in [0.1, 0.15) is 30.3 Å². The van der Waals surface area contributed by atoms with Gasteiger partial charge in [0.05, 0.1) is 12.0 Å². The normalized spacial score (nSPS) is 12.1. The van der Waals surface area contributed by atoms with Crippen LogP contribution >= 0.6 is 0 Å². The van der Waals surface area contributed by atoms with E-state index in [4.69, 9.17) is 20.6 Å². The smallest absolute Gasteiger partial charge is 0.408 e. The van der Waals surface area contributed by atoms with Crippen LogP contribution in [0.2, 0.25) is 0 Å². The SMILES string of the molecule is C=CCOC(=O)N[C@@H](Cc1ccc(C(=N)N)cc1)C(=O)N[C@@H](CCC(=O)O)C(=O)NCc1cccc(CNS(=O)(=O)c2ccc(OC)cc2)c1. The largest absolute Gasteiger partial charge is 0.497 e. The molecule has 0 radical (unpaired) electrons. The van der Waals surface area contributed by atoms with Gasteiger partial charge in [0.15, 0.2) is 0 Å². The number of methoxy groups -OCH3 is 1. The maximum atomic E-state index is 13.5. The number of hydrogen-bond acceptors (Lipinski definition) is 9. The van der Waals surface area contributed by atoms with Gasteiger partial charge in [-0.15, -0.1) is 0 Å². The van der Waals surface area contributed by atoms with Gasteiger partial charge in [-0.3, -0.25) is 19.8 Å². The molecule has 0 fully saturated rings. The zero-order valence-electron chi connectivity index (χ0n) is 27.3. The number of amidine groups is 1. The van der Waals surface area contributed by atoms with E-state index in [0.717, 1.165) is 0 Å². The van der Waals surface area contributed by atoms with Crippen molar-refractivity contribution in [1.29, 1.82) is 5.41 Å². The number of ether oxygens (including phenoxy) is 2. The van der Waals surface area contributed by atoms with Gasteiger partial charge in [0.2, 0.25) is 21.8 Å². The zero-order chi connectivity index (χ0) is 36.7. The van der Waals surface area contributed by atoms with Gasteiger partial charge >= 0.3 is 12.1 Å². The number of nitrogen functional groups attached to an aromatic ring is 1. The number of aliphatic carboxylic acids is 1. The molecule has 0 aliphatic carbocycles. The molecule has 50 heavy (non-hydrogen) atoms. The first kappa shape index (κ1) is 38.7. The standard InChI is InChI=1S/C34H40N6O9S/c1-3-17-49-34(45)40-29(19-22-7-9-25(10-8-22)31(35)36)33(44)39-28(15-16-30(41)42)32(43)37-20-23-5-4-6-24(18-23)21-38-50(46,47)27-13-11-26(48-2)12-14-27/h3-14,18,28-29,38H,1,15-17,19-21H2,2H3,(H3,35,36)(H,37,43)(H,39,44)(H,40,45)(H,41,42)/t28-,29-/m0/s1. The molecule has 0 aromatic heterocycles. The van der Waals surface area contributed by atoms with Crippen molar-refractivity contribution < 1.29 is 42.2 Å². The van der Waals surface area contributed by atoms with E-state index in [9.17, 15) is 32.7 Å². The number of carbonyl (C=O) groups is 4. The van der Waals surface area contributed by atoms with Crippen LogP contribution in [0.25, 0.3) is 0 Å². The third-order valence-corrected chi connectivity index (χ3v) is 8.64. The Kier molecular flexibility index (Phi) is 14.5. The number of alkyl carbamates (subject to hydrolysis) is 1. The first-order valence-corrected chi connectivity index (χ1v) is 16.8. The molecule has 3 rings (SSSR count). The van der Waals surface area contributed by atoms with Crippen molar-refractivity contribution in [3.63, 3.8) is 0 Å². The maximum absolute atomic E-state index is 13.5. The molecule has 0 bridgehead atoms. The lowest BCUT2D eigenvalue weighted by Crippen LogP contribution is -2.54. The van der Waals surface area contributed by atoms with Gasteiger partial charge in [-0.2, -0.15) is 0 Å². The molecule has 2 atom stereocenters. The summed E-state index contributed by atoms with van der Waals surface area (Å²) in [7, 11) is -2.34. The molecule has 266 valence electrons. The minimum atomic E-state index is -3.82. The van der Waals surface area contributed by atoms with E-state index in [1.807, 2.05) is 0 Å². The molecule has 0 unspecified atom stereocenters. The summed E-state index contributed by atoms with van der Waals surface area (Å²) < 4.78 is 38.0. The zero-order valence-corrected chi connectivity index (χ0v) is 28.1. The first-order chi connectivity index (χ1) is 23.8. The Balaban J connectivity index is 1.69. The highest BCUT2D eigenvalue weighted by molar-refractivity contribution is 7.89. The van der Waals surface area contributed by atoms with Crippen molar-refractivity contribution in [3.05, 3.63) is 108 Å². The van der Waals surface area contributed by atoms with Crippen molar-refractivity contribution in [2.24, 2.45) is 5.73 Å². The number of nitrogens with one attached hydrogen (secondary N) is 5. The van der Waals surface area contributed by atoms with E-state index in [-0.39, 0.29) is 43.3 Å². The molecular weight excluding hydrogens is 668 g/mol. The second-order valence-corrected chi connectivity index (χ2v) is 12.7. The van der Waals surface area contributed by atoms with Crippen LogP contribution in [-0.2, 0) is 48.7 Å². The number of sulfonamides is 1. The highest BCUT2D eigenvalue weighted by atomic mass is 32.2. The molecule has 0 saturated heterocycles. The Morgan fingerprint density at radius 1 is 0.920 bits per heavy atom. The summed E-state index contributed by atoms with van der Waals surface area (Å²) in [6.07, 6.45) is -0.286.